The lowest BCUT2D eigenvalue weighted by molar-refractivity contribution is -0.175. The first-order valence-corrected chi connectivity index (χ1v) is 12.1. The molecule has 0 saturated heterocycles. The van der Waals surface area contributed by atoms with Crippen LogP contribution in [-0.4, -0.2) is 35.5 Å². The quantitative estimate of drug-likeness (QED) is 0.671. The zero-order chi connectivity index (χ0) is 21.0. The summed E-state index contributed by atoms with van der Waals surface area (Å²) < 4.78 is 4.85. The van der Waals surface area contributed by atoms with Crippen LogP contribution in [0.1, 0.15) is 85.0 Å². The number of ether oxygens (including phenoxy) is 1. The Morgan fingerprint density at radius 1 is 1.07 bits per heavy atom. The molecular weight excluding hydrogens is 364 g/mol. The molecule has 0 radical (unpaired) electrons. The maximum Gasteiger partial charge on any atom is 0.305 e. The van der Waals surface area contributed by atoms with Crippen LogP contribution >= 0.6 is 0 Å². The van der Waals surface area contributed by atoms with Crippen molar-refractivity contribution in [2.24, 2.45) is 46.3 Å². The lowest BCUT2D eigenvalue weighted by atomic mass is 9.43. The summed E-state index contributed by atoms with van der Waals surface area (Å²) in [5.41, 5.74) is 0.271. The molecule has 4 nitrogen and oxygen atoms in total. The van der Waals surface area contributed by atoms with Gasteiger partial charge in [-0.15, -0.1) is 0 Å². The van der Waals surface area contributed by atoms with Gasteiger partial charge in [-0.1, -0.05) is 20.8 Å². The molecule has 4 rings (SSSR count). The van der Waals surface area contributed by atoms with Gasteiger partial charge in [-0.3, -0.25) is 4.79 Å². The van der Waals surface area contributed by atoms with E-state index < -0.39 is 0 Å². The van der Waals surface area contributed by atoms with E-state index in [4.69, 9.17) is 4.74 Å². The van der Waals surface area contributed by atoms with E-state index in [1.807, 2.05) is 0 Å². The minimum Gasteiger partial charge on any atom is -0.469 e. The molecule has 0 heterocycles. The predicted octanol–water partition coefficient (Wildman–Crippen LogP) is 4.57. The Morgan fingerprint density at radius 3 is 2.55 bits per heavy atom. The van der Waals surface area contributed by atoms with Crippen LogP contribution in [0.5, 0.6) is 0 Å². The maximum absolute atomic E-state index is 11.6. The number of carbonyl (C=O) groups excluding carboxylic acids is 1. The third kappa shape index (κ3) is 3.37. The largest absolute Gasteiger partial charge is 0.469 e. The lowest BCUT2D eigenvalue weighted by Gasteiger charge is -2.62. The van der Waals surface area contributed by atoms with Crippen LogP contribution in [0.25, 0.3) is 0 Å². The Labute approximate surface area is 176 Å². The SMILES string of the molecule is COC(=O)CCC(C)C1CCC2C3CC[C@H]4CC(O)CCC4(C)C3CC(O)C12C. The summed E-state index contributed by atoms with van der Waals surface area (Å²) in [6.07, 6.45) is 9.86. The van der Waals surface area contributed by atoms with Crippen molar-refractivity contribution in [2.75, 3.05) is 7.11 Å². The smallest absolute Gasteiger partial charge is 0.305 e. The molecule has 4 aliphatic rings. The molecule has 166 valence electrons. The minimum absolute atomic E-state index is 0.0198. The normalized spacial score (nSPS) is 50.2. The molecule has 0 bridgehead atoms. The third-order valence-corrected chi connectivity index (χ3v) is 10.5. The standard InChI is InChI=1S/C25H42O4/c1-15(5-10-23(28)29-4)19-8-9-20-18-7-6-16-13-17(26)11-12-24(16,2)21(18)14-22(27)25(19,20)3/h15-22,26-27H,5-14H2,1-4H3/t15?,16-,17?,18?,19?,20?,21?,22?,24?,25?/m0/s1. The maximum atomic E-state index is 11.6. The van der Waals surface area contributed by atoms with E-state index in [0.717, 1.165) is 38.0 Å². The molecule has 4 aliphatic carbocycles. The number of hydrogen-bond acceptors (Lipinski definition) is 4. The fraction of sp³-hybridized carbons (Fsp3) is 0.960. The average Bonchev–Trinajstić information content (AvgIpc) is 3.06. The van der Waals surface area contributed by atoms with E-state index in [1.54, 1.807) is 0 Å². The minimum atomic E-state index is -0.246. The molecule has 0 aromatic rings. The van der Waals surface area contributed by atoms with E-state index in [0.29, 0.717) is 41.4 Å². The van der Waals surface area contributed by atoms with E-state index in [2.05, 4.69) is 20.8 Å². The number of fused-ring (bicyclic) bond motifs is 5. The average molecular weight is 407 g/mol. The number of aliphatic hydroxyl groups is 2. The van der Waals surface area contributed by atoms with Gasteiger partial charge in [0.15, 0.2) is 0 Å². The second-order valence-electron chi connectivity index (χ2n) is 11.5. The summed E-state index contributed by atoms with van der Waals surface area (Å²) in [5, 5.41) is 21.8. The highest BCUT2D eigenvalue weighted by molar-refractivity contribution is 5.69. The first-order chi connectivity index (χ1) is 13.7. The number of methoxy groups -OCH3 is 1. The molecule has 0 aromatic carbocycles. The van der Waals surface area contributed by atoms with Crippen molar-refractivity contribution in [2.45, 2.75) is 97.2 Å². The van der Waals surface area contributed by atoms with Gasteiger partial charge in [-0.05, 0) is 104 Å². The molecule has 4 heteroatoms. The molecule has 10 atom stereocenters. The Bertz CT molecular complexity index is 620. The highest BCUT2D eigenvalue weighted by Gasteiger charge is 2.63. The van der Waals surface area contributed by atoms with E-state index >= 15 is 0 Å². The molecule has 0 aromatic heterocycles. The Morgan fingerprint density at radius 2 is 1.83 bits per heavy atom. The van der Waals surface area contributed by atoms with Crippen molar-refractivity contribution in [1.29, 1.82) is 0 Å². The van der Waals surface area contributed by atoms with Gasteiger partial charge in [0.25, 0.3) is 0 Å². The van der Waals surface area contributed by atoms with Crippen molar-refractivity contribution < 1.29 is 19.7 Å². The summed E-state index contributed by atoms with van der Waals surface area (Å²) in [4.78, 5) is 11.6. The number of aliphatic hydroxyl groups excluding tert-OH is 2. The molecular formula is C25H42O4. The summed E-state index contributed by atoms with van der Waals surface area (Å²) in [5.74, 6) is 3.36. The van der Waals surface area contributed by atoms with Gasteiger partial charge in [0.1, 0.15) is 0 Å². The number of hydrogen-bond donors (Lipinski definition) is 2. The van der Waals surface area contributed by atoms with Crippen LogP contribution in [-0.2, 0) is 9.53 Å². The Balaban J connectivity index is 1.53. The number of carbonyl (C=O) groups is 1. The van der Waals surface area contributed by atoms with Crippen LogP contribution in [0, 0.1) is 46.3 Å². The van der Waals surface area contributed by atoms with Gasteiger partial charge in [0.2, 0.25) is 0 Å². The van der Waals surface area contributed by atoms with Gasteiger partial charge in [0.05, 0.1) is 19.3 Å². The van der Waals surface area contributed by atoms with Crippen LogP contribution in [0.15, 0.2) is 0 Å². The third-order valence-electron chi connectivity index (χ3n) is 10.5. The zero-order valence-corrected chi connectivity index (χ0v) is 18.9. The van der Waals surface area contributed by atoms with Crippen molar-refractivity contribution in [3.8, 4) is 0 Å². The Hall–Kier alpha value is -0.610. The second kappa shape index (κ2) is 7.82. The second-order valence-corrected chi connectivity index (χ2v) is 11.5. The molecule has 4 saturated carbocycles. The molecule has 0 aliphatic heterocycles. The fourth-order valence-corrected chi connectivity index (χ4v) is 8.81. The van der Waals surface area contributed by atoms with Gasteiger partial charge >= 0.3 is 5.97 Å². The van der Waals surface area contributed by atoms with Crippen molar-refractivity contribution >= 4 is 5.97 Å². The highest BCUT2D eigenvalue weighted by atomic mass is 16.5. The molecule has 0 amide bonds. The van der Waals surface area contributed by atoms with Gasteiger partial charge < -0.3 is 14.9 Å². The van der Waals surface area contributed by atoms with E-state index in [9.17, 15) is 15.0 Å². The van der Waals surface area contributed by atoms with Crippen molar-refractivity contribution in [3.63, 3.8) is 0 Å². The number of rotatable bonds is 4. The summed E-state index contributed by atoms with van der Waals surface area (Å²) >= 11 is 0. The molecule has 29 heavy (non-hydrogen) atoms. The fourth-order valence-electron chi connectivity index (χ4n) is 8.81. The molecule has 0 spiro atoms. The molecule has 9 unspecified atom stereocenters. The van der Waals surface area contributed by atoms with Crippen LogP contribution in [0.2, 0.25) is 0 Å². The summed E-state index contributed by atoms with van der Waals surface area (Å²) in [6.45, 7) is 7.12. The highest BCUT2D eigenvalue weighted by Crippen LogP contribution is 2.68. The predicted molar refractivity (Wildman–Crippen MR) is 113 cm³/mol. The molecule has 4 fully saturated rings. The monoisotopic (exact) mass is 406 g/mol. The summed E-state index contributed by atoms with van der Waals surface area (Å²) in [7, 11) is 1.46. The lowest BCUT2D eigenvalue weighted by Crippen LogP contribution is -2.58. The van der Waals surface area contributed by atoms with Gasteiger partial charge in [-0.2, -0.15) is 0 Å². The molecule has 2 N–H and O–H groups in total. The topological polar surface area (TPSA) is 66.8 Å². The van der Waals surface area contributed by atoms with Crippen LogP contribution in [0.3, 0.4) is 0 Å². The van der Waals surface area contributed by atoms with Crippen LogP contribution in [0.4, 0.5) is 0 Å². The Kier molecular flexibility index (Phi) is 5.83. The van der Waals surface area contributed by atoms with Crippen LogP contribution < -0.4 is 0 Å². The van der Waals surface area contributed by atoms with Crippen molar-refractivity contribution in [1.82, 2.24) is 0 Å². The number of esters is 1. The first-order valence-electron chi connectivity index (χ1n) is 12.1. The zero-order valence-electron chi connectivity index (χ0n) is 18.9. The van der Waals surface area contributed by atoms with E-state index in [1.165, 1.54) is 32.8 Å². The first kappa shape index (κ1) is 21.6. The summed E-state index contributed by atoms with van der Waals surface area (Å²) in [6, 6.07) is 0. The van der Waals surface area contributed by atoms with Gasteiger partial charge in [0, 0.05) is 6.42 Å². The van der Waals surface area contributed by atoms with E-state index in [-0.39, 0.29) is 23.6 Å². The van der Waals surface area contributed by atoms with Gasteiger partial charge in [-0.25, -0.2) is 0 Å². The van der Waals surface area contributed by atoms with Crippen molar-refractivity contribution in [3.05, 3.63) is 0 Å².